The highest BCUT2D eigenvalue weighted by Gasteiger charge is 2.13. The number of aromatic nitrogens is 4. The van der Waals surface area contributed by atoms with Crippen molar-refractivity contribution in [1.82, 2.24) is 19.7 Å². The minimum atomic E-state index is -0.434. The Hall–Kier alpha value is -2.96. The Balaban J connectivity index is 2.04. The van der Waals surface area contributed by atoms with Crippen LogP contribution in [0.15, 0.2) is 36.7 Å². The maximum absolute atomic E-state index is 11.6. The molecular formula is C14H13N5O2. The van der Waals surface area contributed by atoms with E-state index in [1.54, 1.807) is 6.92 Å². The molecule has 0 aliphatic carbocycles. The van der Waals surface area contributed by atoms with Gasteiger partial charge in [0.15, 0.2) is 11.6 Å². The largest absolute Gasteiger partial charge is 0.462 e. The van der Waals surface area contributed by atoms with Gasteiger partial charge in [-0.25, -0.2) is 19.4 Å². The number of carbonyl (C=O) groups excluding carboxylic acids is 1. The molecule has 0 saturated carbocycles. The first kappa shape index (κ1) is 13.0. The van der Waals surface area contributed by atoms with Crippen molar-refractivity contribution in [2.24, 2.45) is 0 Å². The molecule has 0 unspecified atom stereocenters. The van der Waals surface area contributed by atoms with Crippen LogP contribution < -0.4 is 5.73 Å². The summed E-state index contributed by atoms with van der Waals surface area (Å²) >= 11 is 0. The van der Waals surface area contributed by atoms with E-state index >= 15 is 0 Å². The second-order valence-corrected chi connectivity index (χ2v) is 4.32. The smallest absolute Gasteiger partial charge is 0.341 e. The van der Waals surface area contributed by atoms with E-state index in [2.05, 4.69) is 15.1 Å². The molecule has 7 heteroatoms. The second kappa shape index (κ2) is 5.20. The van der Waals surface area contributed by atoms with Gasteiger partial charge in [0.05, 0.1) is 29.4 Å². The van der Waals surface area contributed by atoms with E-state index in [1.165, 1.54) is 17.1 Å². The molecule has 0 atom stereocenters. The van der Waals surface area contributed by atoms with Crippen LogP contribution >= 0.6 is 0 Å². The first-order chi connectivity index (χ1) is 10.2. The summed E-state index contributed by atoms with van der Waals surface area (Å²) in [4.78, 5) is 20.3. The van der Waals surface area contributed by atoms with Gasteiger partial charge in [0.2, 0.25) is 0 Å². The van der Waals surface area contributed by atoms with E-state index in [4.69, 9.17) is 10.5 Å². The normalized spacial score (nSPS) is 10.7. The van der Waals surface area contributed by atoms with Crippen molar-refractivity contribution < 1.29 is 9.53 Å². The lowest BCUT2D eigenvalue weighted by Crippen LogP contribution is -2.06. The maximum Gasteiger partial charge on any atom is 0.341 e. The van der Waals surface area contributed by atoms with Crippen molar-refractivity contribution in [1.29, 1.82) is 0 Å². The Labute approximate surface area is 120 Å². The van der Waals surface area contributed by atoms with Gasteiger partial charge in [-0.15, -0.1) is 0 Å². The SMILES string of the molecule is CCOC(=O)c1cnn(-c2nc3ccccc3nc2N)c1. The van der Waals surface area contributed by atoms with E-state index in [1.807, 2.05) is 24.3 Å². The summed E-state index contributed by atoms with van der Waals surface area (Å²) in [6.45, 7) is 2.05. The maximum atomic E-state index is 11.6. The number of rotatable bonds is 3. The molecule has 7 nitrogen and oxygen atoms in total. The first-order valence-electron chi connectivity index (χ1n) is 6.43. The summed E-state index contributed by atoms with van der Waals surface area (Å²) in [5.41, 5.74) is 7.66. The quantitative estimate of drug-likeness (QED) is 0.733. The Kier molecular flexibility index (Phi) is 3.23. The first-order valence-corrected chi connectivity index (χ1v) is 6.43. The fourth-order valence-corrected chi connectivity index (χ4v) is 1.93. The van der Waals surface area contributed by atoms with Crippen LogP contribution in [0.2, 0.25) is 0 Å². The predicted molar refractivity (Wildman–Crippen MR) is 77.0 cm³/mol. The van der Waals surface area contributed by atoms with E-state index in [-0.39, 0.29) is 5.82 Å². The molecule has 1 aromatic carbocycles. The number of nitrogens with zero attached hydrogens (tertiary/aromatic N) is 4. The molecule has 2 heterocycles. The van der Waals surface area contributed by atoms with Gasteiger partial charge in [0.25, 0.3) is 0 Å². The highest BCUT2D eigenvalue weighted by molar-refractivity contribution is 5.89. The predicted octanol–water partition coefficient (Wildman–Crippen LogP) is 1.57. The van der Waals surface area contributed by atoms with Crippen molar-refractivity contribution in [3.8, 4) is 5.82 Å². The monoisotopic (exact) mass is 283 g/mol. The highest BCUT2D eigenvalue weighted by atomic mass is 16.5. The van der Waals surface area contributed by atoms with Crippen LogP contribution in [0.25, 0.3) is 16.9 Å². The zero-order valence-corrected chi connectivity index (χ0v) is 11.4. The van der Waals surface area contributed by atoms with Crippen molar-refractivity contribution in [2.75, 3.05) is 12.3 Å². The molecular weight excluding hydrogens is 270 g/mol. The number of benzene rings is 1. The summed E-state index contributed by atoms with van der Waals surface area (Å²) in [5, 5.41) is 4.09. The second-order valence-electron chi connectivity index (χ2n) is 4.32. The molecule has 106 valence electrons. The minimum absolute atomic E-state index is 0.243. The van der Waals surface area contributed by atoms with Crippen LogP contribution in [-0.4, -0.2) is 32.3 Å². The molecule has 0 radical (unpaired) electrons. The van der Waals surface area contributed by atoms with E-state index in [0.717, 1.165) is 0 Å². The van der Waals surface area contributed by atoms with Crippen LogP contribution in [0.1, 0.15) is 17.3 Å². The van der Waals surface area contributed by atoms with E-state index < -0.39 is 5.97 Å². The molecule has 3 rings (SSSR count). The van der Waals surface area contributed by atoms with Crippen LogP contribution in [-0.2, 0) is 4.74 Å². The summed E-state index contributed by atoms with van der Waals surface area (Å²) in [7, 11) is 0. The number of hydrogen-bond acceptors (Lipinski definition) is 6. The number of carbonyl (C=O) groups is 1. The Morgan fingerprint density at radius 2 is 2.00 bits per heavy atom. The number of anilines is 1. The molecule has 0 bridgehead atoms. The van der Waals surface area contributed by atoms with Crippen molar-refractivity contribution >= 4 is 22.8 Å². The van der Waals surface area contributed by atoms with Gasteiger partial charge in [-0.1, -0.05) is 12.1 Å². The molecule has 0 aliphatic rings. The molecule has 0 amide bonds. The standard InChI is InChI=1S/C14H13N5O2/c1-2-21-14(20)9-7-16-19(8-9)13-12(15)17-10-5-3-4-6-11(10)18-13/h3-8H,2H2,1H3,(H2,15,17). The Bertz CT molecular complexity index is 812. The van der Waals surface area contributed by atoms with Gasteiger partial charge in [-0.05, 0) is 19.1 Å². The van der Waals surface area contributed by atoms with Gasteiger partial charge in [0.1, 0.15) is 0 Å². The van der Waals surface area contributed by atoms with Gasteiger partial charge in [-0.3, -0.25) is 0 Å². The molecule has 0 saturated heterocycles. The van der Waals surface area contributed by atoms with Gasteiger partial charge in [0, 0.05) is 6.20 Å². The number of hydrogen-bond donors (Lipinski definition) is 1. The molecule has 2 N–H and O–H groups in total. The molecule has 21 heavy (non-hydrogen) atoms. The van der Waals surface area contributed by atoms with E-state index in [9.17, 15) is 4.79 Å². The molecule has 0 aliphatic heterocycles. The van der Waals surface area contributed by atoms with Gasteiger partial charge >= 0.3 is 5.97 Å². The average Bonchev–Trinajstić information content (AvgIpc) is 2.96. The van der Waals surface area contributed by atoms with Crippen LogP contribution in [0, 0.1) is 0 Å². The molecule has 3 aromatic rings. The Morgan fingerprint density at radius 3 is 2.71 bits per heavy atom. The lowest BCUT2D eigenvalue weighted by Gasteiger charge is -2.05. The third-order valence-corrected chi connectivity index (χ3v) is 2.89. The average molecular weight is 283 g/mol. The van der Waals surface area contributed by atoms with E-state index in [0.29, 0.717) is 29.0 Å². The summed E-state index contributed by atoms with van der Waals surface area (Å²) in [6.07, 6.45) is 2.93. The lowest BCUT2D eigenvalue weighted by molar-refractivity contribution is 0.0526. The zero-order valence-electron chi connectivity index (χ0n) is 11.4. The topological polar surface area (TPSA) is 95.9 Å². The fourth-order valence-electron chi connectivity index (χ4n) is 1.93. The number of fused-ring (bicyclic) bond motifs is 1. The summed E-state index contributed by atoms with van der Waals surface area (Å²) in [6, 6.07) is 7.39. The number of para-hydroxylation sites is 2. The minimum Gasteiger partial charge on any atom is -0.462 e. The van der Waals surface area contributed by atoms with Crippen molar-refractivity contribution in [3.05, 3.63) is 42.2 Å². The van der Waals surface area contributed by atoms with Crippen molar-refractivity contribution in [3.63, 3.8) is 0 Å². The number of esters is 1. The third-order valence-electron chi connectivity index (χ3n) is 2.89. The van der Waals surface area contributed by atoms with Crippen LogP contribution in [0.4, 0.5) is 5.82 Å². The molecule has 0 spiro atoms. The highest BCUT2D eigenvalue weighted by Crippen LogP contribution is 2.17. The molecule has 2 aromatic heterocycles. The lowest BCUT2D eigenvalue weighted by atomic mass is 10.3. The third kappa shape index (κ3) is 2.40. The fraction of sp³-hybridized carbons (Fsp3) is 0.143. The molecule has 0 fully saturated rings. The Morgan fingerprint density at radius 1 is 1.29 bits per heavy atom. The summed E-state index contributed by atoms with van der Waals surface area (Å²) in [5.74, 6) is 0.188. The number of ether oxygens (including phenoxy) is 1. The van der Waals surface area contributed by atoms with Crippen molar-refractivity contribution in [2.45, 2.75) is 6.92 Å². The van der Waals surface area contributed by atoms with Crippen LogP contribution in [0.3, 0.4) is 0 Å². The number of nitrogen functional groups attached to an aromatic ring is 1. The van der Waals surface area contributed by atoms with Gasteiger partial charge < -0.3 is 10.5 Å². The van der Waals surface area contributed by atoms with Crippen LogP contribution in [0.5, 0.6) is 0 Å². The van der Waals surface area contributed by atoms with Gasteiger partial charge in [-0.2, -0.15) is 5.10 Å². The number of nitrogens with two attached hydrogens (primary N) is 1. The zero-order chi connectivity index (χ0) is 14.8. The summed E-state index contributed by atoms with van der Waals surface area (Å²) < 4.78 is 6.34.